The number of rotatable bonds is 4. The first-order chi connectivity index (χ1) is 12.7. The van der Waals surface area contributed by atoms with E-state index in [1.54, 1.807) is 18.2 Å². The first kappa shape index (κ1) is 19.4. The molecule has 0 radical (unpaired) electrons. The van der Waals surface area contributed by atoms with Crippen molar-refractivity contribution in [3.8, 4) is 0 Å². The van der Waals surface area contributed by atoms with Gasteiger partial charge in [0.05, 0.1) is 18.0 Å². The van der Waals surface area contributed by atoms with Crippen LogP contribution in [0.15, 0.2) is 48.5 Å². The second-order valence-electron chi connectivity index (χ2n) is 7.09. The SMILES string of the molecule is Cc1ccc(C(=O)N2CCN(C)CC2c2ccccc2)cc1NS(C)(=O)=O. The molecule has 0 aromatic heterocycles. The smallest absolute Gasteiger partial charge is 0.254 e. The molecule has 144 valence electrons. The largest absolute Gasteiger partial charge is 0.329 e. The van der Waals surface area contributed by atoms with E-state index in [0.717, 1.165) is 30.5 Å². The van der Waals surface area contributed by atoms with Gasteiger partial charge in [-0.2, -0.15) is 0 Å². The van der Waals surface area contributed by atoms with Gasteiger partial charge in [-0.15, -0.1) is 0 Å². The maximum absolute atomic E-state index is 13.2. The van der Waals surface area contributed by atoms with Gasteiger partial charge in [0.25, 0.3) is 5.91 Å². The van der Waals surface area contributed by atoms with Crippen LogP contribution in [0.1, 0.15) is 27.5 Å². The molecule has 0 bridgehead atoms. The maximum atomic E-state index is 13.2. The minimum absolute atomic E-state index is 0.0370. The van der Waals surface area contributed by atoms with Crippen LogP contribution in [0.2, 0.25) is 0 Å². The Bertz CT molecular complexity index is 929. The summed E-state index contributed by atoms with van der Waals surface area (Å²) < 4.78 is 25.7. The fraction of sp³-hybridized carbons (Fsp3) is 0.350. The van der Waals surface area contributed by atoms with E-state index in [1.807, 2.05) is 42.2 Å². The summed E-state index contributed by atoms with van der Waals surface area (Å²) in [6.45, 7) is 3.99. The molecule has 3 rings (SSSR count). The van der Waals surface area contributed by atoms with E-state index >= 15 is 0 Å². The second kappa shape index (κ2) is 7.70. The van der Waals surface area contributed by atoms with Crippen LogP contribution in [-0.4, -0.2) is 57.1 Å². The van der Waals surface area contributed by atoms with Gasteiger partial charge in [-0.1, -0.05) is 36.4 Å². The molecule has 1 heterocycles. The third-order valence-electron chi connectivity index (χ3n) is 4.81. The molecule has 1 N–H and O–H groups in total. The number of nitrogens with zero attached hydrogens (tertiary/aromatic N) is 2. The van der Waals surface area contributed by atoms with Crippen LogP contribution in [0.25, 0.3) is 0 Å². The molecular formula is C20H25N3O3S. The summed E-state index contributed by atoms with van der Waals surface area (Å²) in [5.41, 5.74) is 2.79. The molecule has 7 heteroatoms. The third-order valence-corrected chi connectivity index (χ3v) is 5.40. The topological polar surface area (TPSA) is 69.7 Å². The average Bonchev–Trinajstić information content (AvgIpc) is 2.62. The number of nitrogens with one attached hydrogen (secondary N) is 1. The van der Waals surface area contributed by atoms with E-state index < -0.39 is 10.0 Å². The highest BCUT2D eigenvalue weighted by Crippen LogP contribution is 2.28. The van der Waals surface area contributed by atoms with Crippen molar-refractivity contribution >= 4 is 21.6 Å². The lowest BCUT2D eigenvalue weighted by Gasteiger charge is -2.40. The number of benzene rings is 2. The number of anilines is 1. The number of hydrogen-bond acceptors (Lipinski definition) is 4. The van der Waals surface area contributed by atoms with Crippen molar-refractivity contribution in [1.82, 2.24) is 9.80 Å². The highest BCUT2D eigenvalue weighted by atomic mass is 32.2. The highest BCUT2D eigenvalue weighted by Gasteiger charge is 2.31. The van der Waals surface area contributed by atoms with Crippen molar-refractivity contribution in [3.63, 3.8) is 0 Å². The van der Waals surface area contributed by atoms with Crippen LogP contribution in [0.3, 0.4) is 0 Å². The molecule has 2 aromatic carbocycles. The van der Waals surface area contributed by atoms with Gasteiger partial charge < -0.3 is 9.80 Å². The van der Waals surface area contributed by atoms with Crippen molar-refractivity contribution in [2.75, 3.05) is 37.7 Å². The van der Waals surface area contributed by atoms with Gasteiger partial charge in [-0.05, 0) is 37.2 Å². The monoisotopic (exact) mass is 387 g/mol. The summed E-state index contributed by atoms with van der Waals surface area (Å²) in [6, 6.07) is 15.1. The Morgan fingerprint density at radius 3 is 2.48 bits per heavy atom. The quantitative estimate of drug-likeness (QED) is 0.875. The minimum atomic E-state index is -3.41. The Morgan fingerprint density at radius 1 is 1.11 bits per heavy atom. The Hall–Kier alpha value is -2.38. The molecule has 1 saturated heterocycles. The van der Waals surface area contributed by atoms with Crippen LogP contribution in [0.4, 0.5) is 5.69 Å². The fourth-order valence-electron chi connectivity index (χ4n) is 3.35. The van der Waals surface area contributed by atoms with Gasteiger partial charge in [0.15, 0.2) is 0 Å². The first-order valence-electron chi connectivity index (χ1n) is 8.87. The average molecular weight is 388 g/mol. The van der Waals surface area contributed by atoms with Crippen molar-refractivity contribution in [2.45, 2.75) is 13.0 Å². The van der Waals surface area contributed by atoms with E-state index in [0.29, 0.717) is 17.8 Å². The third kappa shape index (κ3) is 4.67. The van der Waals surface area contributed by atoms with Gasteiger partial charge in [-0.25, -0.2) is 8.42 Å². The molecule has 0 spiro atoms. The van der Waals surface area contributed by atoms with E-state index in [-0.39, 0.29) is 11.9 Å². The summed E-state index contributed by atoms with van der Waals surface area (Å²) in [5.74, 6) is -0.0893. The standard InChI is InChI=1S/C20H25N3O3S/c1-15-9-10-17(13-18(15)21-27(3,25)26)20(24)23-12-11-22(2)14-19(23)16-7-5-4-6-8-16/h4-10,13,19,21H,11-12,14H2,1-3H3. The minimum Gasteiger partial charge on any atom is -0.329 e. The highest BCUT2D eigenvalue weighted by molar-refractivity contribution is 7.92. The van der Waals surface area contributed by atoms with Crippen LogP contribution >= 0.6 is 0 Å². The molecule has 0 saturated carbocycles. The van der Waals surface area contributed by atoms with Gasteiger partial charge in [0.2, 0.25) is 10.0 Å². The number of likely N-dealkylation sites (N-methyl/N-ethyl adjacent to an activating group) is 1. The van der Waals surface area contributed by atoms with Crippen molar-refractivity contribution in [2.24, 2.45) is 0 Å². The Labute approximate surface area is 160 Å². The predicted octanol–water partition coefficient (Wildman–Crippen LogP) is 2.50. The van der Waals surface area contributed by atoms with Gasteiger partial charge >= 0.3 is 0 Å². The second-order valence-corrected chi connectivity index (χ2v) is 8.84. The zero-order valence-corrected chi connectivity index (χ0v) is 16.7. The number of carbonyl (C=O) groups excluding carboxylic acids is 1. The fourth-order valence-corrected chi connectivity index (χ4v) is 3.97. The lowest BCUT2D eigenvalue weighted by molar-refractivity contribution is 0.0498. The summed E-state index contributed by atoms with van der Waals surface area (Å²) in [6.07, 6.45) is 1.10. The summed E-state index contributed by atoms with van der Waals surface area (Å²) >= 11 is 0. The van der Waals surface area contributed by atoms with E-state index in [9.17, 15) is 13.2 Å². The lowest BCUT2D eigenvalue weighted by atomic mass is 10.0. The number of hydrogen-bond donors (Lipinski definition) is 1. The zero-order chi connectivity index (χ0) is 19.6. The maximum Gasteiger partial charge on any atom is 0.254 e. The van der Waals surface area contributed by atoms with Crippen molar-refractivity contribution < 1.29 is 13.2 Å². The first-order valence-corrected chi connectivity index (χ1v) is 10.8. The van der Waals surface area contributed by atoms with Crippen LogP contribution in [-0.2, 0) is 10.0 Å². The van der Waals surface area contributed by atoms with Gasteiger partial charge in [0.1, 0.15) is 0 Å². The number of sulfonamides is 1. The number of piperazine rings is 1. The van der Waals surface area contributed by atoms with E-state index in [1.165, 1.54) is 0 Å². The molecule has 1 amide bonds. The molecule has 6 nitrogen and oxygen atoms in total. The molecule has 1 fully saturated rings. The van der Waals surface area contributed by atoms with E-state index in [2.05, 4.69) is 16.7 Å². The normalized spacial score (nSPS) is 18.3. The number of carbonyl (C=O) groups is 1. The molecule has 2 aromatic rings. The molecule has 1 atom stereocenters. The van der Waals surface area contributed by atoms with Crippen LogP contribution in [0, 0.1) is 6.92 Å². The van der Waals surface area contributed by atoms with Crippen molar-refractivity contribution in [3.05, 3.63) is 65.2 Å². The molecule has 27 heavy (non-hydrogen) atoms. The van der Waals surface area contributed by atoms with Crippen molar-refractivity contribution in [1.29, 1.82) is 0 Å². The molecule has 1 aliphatic rings. The Balaban J connectivity index is 1.92. The Morgan fingerprint density at radius 2 is 1.81 bits per heavy atom. The molecule has 1 unspecified atom stereocenters. The zero-order valence-electron chi connectivity index (χ0n) is 15.8. The number of amides is 1. The Kier molecular flexibility index (Phi) is 5.53. The van der Waals surface area contributed by atoms with Crippen LogP contribution < -0.4 is 4.72 Å². The summed E-state index contributed by atoms with van der Waals surface area (Å²) in [5, 5.41) is 0. The molecule has 0 aliphatic carbocycles. The number of aryl methyl sites for hydroxylation is 1. The lowest BCUT2D eigenvalue weighted by Crippen LogP contribution is -2.49. The molecule has 1 aliphatic heterocycles. The summed E-state index contributed by atoms with van der Waals surface area (Å²) in [4.78, 5) is 17.3. The van der Waals surface area contributed by atoms with Gasteiger partial charge in [0, 0.05) is 25.2 Å². The molecular weight excluding hydrogens is 362 g/mol. The van der Waals surface area contributed by atoms with E-state index in [4.69, 9.17) is 0 Å². The summed E-state index contributed by atoms with van der Waals surface area (Å²) in [7, 11) is -1.36. The van der Waals surface area contributed by atoms with Crippen LogP contribution in [0.5, 0.6) is 0 Å². The predicted molar refractivity (Wildman–Crippen MR) is 107 cm³/mol. The van der Waals surface area contributed by atoms with Gasteiger partial charge in [-0.3, -0.25) is 9.52 Å².